The Labute approximate surface area is 88.8 Å². The Morgan fingerprint density at radius 1 is 1.71 bits per heavy atom. The molecule has 1 N–H and O–H groups in total. The summed E-state index contributed by atoms with van der Waals surface area (Å²) in [5, 5.41) is 4.64. The molecule has 0 aromatic carbocycles. The number of hydrogen-bond donors (Lipinski definition) is 1. The van der Waals surface area contributed by atoms with E-state index in [0.29, 0.717) is 6.04 Å². The molecule has 0 bridgehead atoms. The van der Waals surface area contributed by atoms with Gasteiger partial charge in [0, 0.05) is 17.3 Å². The Morgan fingerprint density at radius 3 is 3.14 bits per heavy atom. The molecule has 1 aromatic heterocycles. The zero-order chi connectivity index (χ0) is 9.97. The summed E-state index contributed by atoms with van der Waals surface area (Å²) in [6, 6.07) is 0.617. The Balaban J connectivity index is 2.06. The van der Waals surface area contributed by atoms with E-state index in [9.17, 15) is 0 Å². The van der Waals surface area contributed by atoms with Crippen LogP contribution < -0.4 is 5.32 Å². The van der Waals surface area contributed by atoms with Crippen LogP contribution in [0.15, 0.2) is 0 Å². The van der Waals surface area contributed by atoms with Crippen molar-refractivity contribution in [2.45, 2.75) is 32.2 Å². The summed E-state index contributed by atoms with van der Waals surface area (Å²) in [6.07, 6.45) is 8.94. The summed E-state index contributed by atoms with van der Waals surface area (Å²) >= 11 is 1.73. The van der Waals surface area contributed by atoms with E-state index >= 15 is 0 Å². The second-order valence-corrected chi connectivity index (χ2v) is 4.94. The van der Waals surface area contributed by atoms with Crippen LogP contribution >= 0.6 is 11.3 Å². The first-order chi connectivity index (χ1) is 6.79. The maximum Gasteiger partial charge on any atom is 0.127 e. The van der Waals surface area contributed by atoms with Gasteiger partial charge >= 0.3 is 0 Å². The Kier molecular flexibility index (Phi) is 2.85. The third-order valence-corrected chi connectivity index (χ3v) is 3.55. The molecule has 2 heterocycles. The van der Waals surface area contributed by atoms with Gasteiger partial charge in [-0.25, -0.2) is 4.98 Å². The number of aryl methyl sites for hydroxylation is 1. The summed E-state index contributed by atoms with van der Waals surface area (Å²) in [6.45, 7) is 3.19. The standard InChI is InChI=1S/C11H14N2S/c1-3-10-8(2)14-11(13-10)7-9-5-4-6-12-9/h1,9,12H,4-7H2,2H3. The number of nitrogens with zero attached hydrogens (tertiary/aromatic N) is 1. The molecule has 0 aliphatic carbocycles. The van der Waals surface area contributed by atoms with Gasteiger partial charge in [0.05, 0.1) is 5.01 Å². The largest absolute Gasteiger partial charge is 0.314 e. The van der Waals surface area contributed by atoms with E-state index in [4.69, 9.17) is 6.42 Å². The molecular formula is C11H14N2S. The summed E-state index contributed by atoms with van der Waals surface area (Å²) in [5.74, 6) is 2.62. The highest BCUT2D eigenvalue weighted by molar-refractivity contribution is 7.11. The highest BCUT2D eigenvalue weighted by Crippen LogP contribution is 2.20. The van der Waals surface area contributed by atoms with E-state index < -0.39 is 0 Å². The monoisotopic (exact) mass is 206 g/mol. The maximum absolute atomic E-state index is 5.35. The Hall–Kier alpha value is -0.850. The minimum atomic E-state index is 0.617. The lowest BCUT2D eigenvalue weighted by Crippen LogP contribution is -2.23. The molecular weight excluding hydrogens is 192 g/mol. The lowest BCUT2D eigenvalue weighted by Gasteiger charge is -2.05. The van der Waals surface area contributed by atoms with Crippen molar-refractivity contribution in [1.29, 1.82) is 0 Å². The van der Waals surface area contributed by atoms with E-state index in [0.717, 1.165) is 18.7 Å². The van der Waals surface area contributed by atoms with Crippen LogP contribution in [0.4, 0.5) is 0 Å². The molecule has 0 amide bonds. The lowest BCUT2D eigenvalue weighted by atomic mass is 10.2. The smallest absolute Gasteiger partial charge is 0.127 e. The van der Waals surface area contributed by atoms with Crippen LogP contribution in [0.25, 0.3) is 0 Å². The summed E-state index contributed by atoms with van der Waals surface area (Å²) in [7, 11) is 0. The Morgan fingerprint density at radius 2 is 2.57 bits per heavy atom. The molecule has 74 valence electrons. The summed E-state index contributed by atoms with van der Waals surface area (Å²) in [4.78, 5) is 5.60. The van der Waals surface area contributed by atoms with Gasteiger partial charge in [-0.1, -0.05) is 0 Å². The zero-order valence-corrected chi connectivity index (χ0v) is 9.16. The normalized spacial score (nSPS) is 21.0. The van der Waals surface area contributed by atoms with Gasteiger partial charge in [-0.15, -0.1) is 17.8 Å². The quantitative estimate of drug-likeness (QED) is 0.745. The summed E-state index contributed by atoms with van der Waals surface area (Å²) < 4.78 is 0. The van der Waals surface area contributed by atoms with Crippen LogP contribution in [0.1, 0.15) is 28.4 Å². The fraction of sp³-hybridized carbons (Fsp3) is 0.545. The zero-order valence-electron chi connectivity index (χ0n) is 8.34. The average molecular weight is 206 g/mol. The van der Waals surface area contributed by atoms with Crippen molar-refractivity contribution < 1.29 is 0 Å². The second-order valence-electron chi connectivity index (χ2n) is 3.65. The van der Waals surface area contributed by atoms with Gasteiger partial charge in [0.15, 0.2) is 0 Å². The molecule has 1 atom stereocenters. The molecule has 1 aromatic rings. The molecule has 1 aliphatic heterocycles. The predicted octanol–water partition coefficient (Wildman–Crippen LogP) is 1.73. The van der Waals surface area contributed by atoms with Gasteiger partial charge < -0.3 is 5.32 Å². The topological polar surface area (TPSA) is 24.9 Å². The molecule has 2 rings (SSSR count). The van der Waals surface area contributed by atoms with Crippen molar-refractivity contribution in [2.75, 3.05) is 6.54 Å². The van der Waals surface area contributed by atoms with Gasteiger partial charge in [0.2, 0.25) is 0 Å². The fourth-order valence-electron chi connectivity index (χ4n) is 1.81. The van der Waals surface area contributed by atoms with Gasteiger partial charge in [-0.3, -0.25) is 0 Å². The van der Waals surface area contributed by atoms with Crippen LogP contribution in [0.3, 0.4) is 0 Å². The SMILES string of the molecule is C#Cc1nc(CC2CCCN2)sc1C. The molecule has 3 heteroatoms. The molecule has 2 nitrogen and oxygen atoms in total. The van der Waals surface area contributed by atoms with Crippen molar-refractivity contribution in [3.05, 3.63) is 15.6 Å². The van der Waals surface area contributed by atoms with Crippen LogP contribution in [0, 0.1) is 19.3 Å². The van der Waals surface area contributed by atoms with Gasteiger partial charge in [-0.2, -0.15) is 0 Å². The third-order valence-electron chi connectivity index (χ3n) is 2.56. The number of nitrogens with one attached hydrogen (secondary N) is 1. The molecule has 1 unspecified atom stereocenters. The van der Waals surface area contributed by atoms with Gasteiger partial charge in [0.1, 0.15) is 5.69 Å². The van der Waals surface area contributed by atoms with E-state index in [-0.39, 0.29) is 0 Å². The van der Waals surface area contributed by atoms with E-state index in [1.165, 1.54) is 22.7 Å². The molecule has 1 saturated heterocycles. The molecule has 0 radical (unpaired) electrons. The molecule has 0 spiro atoms. The van der Waals surface area contributed by atoms with E-state index in [1.54, 1.807) is 11.3 Å². The molecule has 14 heavy (non-hydrogen) atoms. The first-order valence-electron chi connectivity index (χ1n) is 4.96. The van der Waals surface area contributed by atoms with E-state index in [1.807, 2.05) is 6.92 Å². The maximum atomic E-state index is 5.35. The fourth-order valence-corrected chi connectivity index (χ4v) is 2.79. The Bertz CT molecular complexity index is 356. The van der Waals surface area contributed by atoms with Crippen molar-refractivity contribution >= 4 is 11.3 Å². The molecule has 1 aliphatic rings. The van der Waals surface area contributed by atoms with Gasteiger partial charge in [0.25, 0.3) is 0 Å². The highest BCUT2D eigenvalue weighted by atomic mass is 32.1. The van der Waals surface area contributed by atoms with E-state index in [2.05, 4.69) is 16.2 Å². The van der Waals surface area contributed by atoms with Crippen molar-refractivity contribution in [3.8, 4) is 12.3 Å². The second kappa shape index (κ2) is 4.12. The molecule has 0 saturated carbocycles. The van der Waals surface area contributed by atoms with Crippen LogP contribution in [0.2, 0.25) is 0 Å². The lowest BCUT2D eigenvalue weighted by molar-refractivity contribution is 0.601. The predicted molar refractivity (Wildman–Crippen MR) is 59.5 cm³/mol. The minimum absolute atomic E-state index is 0.617. The first-order valence-corrected chi connectivity index (χ1v) is 5.77. The van der Waals surface area contributed by atoms with Crippen LogP contribution in [-0.2, 0) is 6.42 Å². The first kappa shape index (κ1) is 9.70. The third kappa shape index (κ3) is 1.97. The van der Waals surface area contributed by atoms with Crippen LogP contribution in [0.5, 0.6) is 0 Å². The number of hydrogen-bond acceptors (Lipinski definition) is 3. The van der Waals surface area contributed by atoms with Crippen molar-refractivity contribution in [3.63, 3.8) is 0 Å². The minimum Gasteiger partial charge on any atom is -0.314 e. The number of aromatic nitrogens is 1. The average Bonchev–Trinajstić information content (AvgIpc) is 2.76. The number of rotatable bonds is 2. The highest BCUT2D eigenvalue weighted by Gasteiger charge is 2.16. The number of terminal acetylenes is 1. The van der Waals surface area contributed by atoms with Crippen molar-refractivity contribution in [2.24, 2.45) is 0 Å². The van der Waals surface area contributed by atoms with Crippen LogP contribution in [-0.4, -0.2) is 17.6 Å². The number of thiazole rings is 1. The molecule has 1 fully saturated rings. The van der Waals surface area contributed by atoms with Crippen molar-refractivity contribution in [1.82, 2.24) is 10.3 Å². The summed E-state index contributed by atoms with van der Waals surface area (Å²) in [5.41, 5.74) is 0.822. The van der Waals surface area contributed by atoms with Gasteiger partial charge in [-0.05, 0) is 32.2 Å².